The van der Waals surface area contributed by atoms with Gasteiger partial charge in [0.1, 0.15) is 17.4 Å². The van der Waals surface area contributed by atoms with Crippen molar-refractivity contribution in [3.8, 4) is 5.75 Å². The van der Waals surface area contributed by atoms with Crippen LogP contribution in [-0.2, 0) is 17.8 Å². The van der Waals surface area contributed by atoms with E-state index >= 15 is 0 Å². The van der Waals surface area contributed by atoms with Crippen LogP contribution in [0.2, 0.25) is 0 Å². The first-order valence-electron chi connectivity index (χ1n) is 7.54. The highest BCUT2D eigenvalue weighted by Gasteiger charge is 2.31. The van der Waals surface area contributed by atoms with Crippen molar-refractivity contribution in [1.29, 1.82) is 0 Å². The van der Waals surface area contributed by atoms with Gasteiger partial charge in [-0.05, 0) is 31.7 Å². The van der Waals surface area contributed by atoms with E-state index in [1.807, 2.05) is 26.0 Å². The zero-order valence-electron chi connectivity index (χ0n) is 13.3. The molecule has 4 nitrogen and oxygen atoms in total. The second-order valence-electron chi connectivity index (χ2n) is 6.85. The number of benzene rings is 1. The molecule has 0 saturated carbocycles. The summed E-state index contributed by atoms with van der Waals surface area (Å²) in [5.74, 6) is 0.469. The number of ether oxygens (including phenoxy) is 1. The minimum absolute atomic E-state index is 0.178. The summed E-state index contributed by atoms with van der Waals surface area (Å²) in [6.07, 6.45) is 1.52. The number of hydrogen-bond donors (Lipinski definition) is 2. The molecule has 1 aliphatic rings. The number of carbonyl (C=O) groups is 1. The molecule has 1 aliphatic heterocycles. The molecular formula is C17H25NO3. The number of para-hydroxylation sites is 1. The Morgan fingerprint density at radius 3 is 2.76 bits per heavy atom. The average Bonchev–Trinajstić information content (AvgIpc) is 2.68. The van der Waals surface area contributed by atoms with Gasteiger partial charge in [-0.2, -0.15) is 0 Å². The van der Waals surface area contributed by atoms with E-state index in [9.17, 15) is 9.90 Å². The van der Waals surface area contributed by atoms with Crippen LogP contribution in [0.3, 0.4) is 0 Å². The Morgan fingerprint density at radius 2 is 2.14 bits per heavy atom. The van der Waals surface area contributed by atoms with Crippen LogP contribution in [0.15, 0.2) is 18.2 Å². The maximum absolute atomic E-state index is 11.3. The summed E-state index contributed by atoms with van der Waals surface area (Å²) in [4.78, 5) is 11.3. The molecule has 21 heavy (non-hydrogen) atoms. The van der Waals surface area contributed by atoms with Gasteiger partial charge in [-0.15, -0.1) is 0 Å². The van der Waals surface area contributed by atoms with Crippen LogP contribution in [-0.4, -0.2) is 22.7 Å². The molecule has 0 saturated heterocycles. The monoisotopic (exact) mass is 291 g/mol. The van der Waals surface area contributed by atoms with Gasteiger partial charge in [0.2, 0.25) is 0 Å². The molecule has 116 valence electrons. The summed E-state index contributed by atoms with van der Waals surface area (Å²) in [5, 5.41) is 12.4. The molecule has 1 atom stereocenters. The van der Waals surface area contributed by atoms with Gasteiger partial charge in [0.05, 0.1) is 0 Å². The van der Waals surface area contributed by atoms with E-state index in [0.29, 0.717) is 18.9 Å². The molecule has 1 aromatic carbocycles. The Bertz CT molecular complexity index is 523. The number of nitrogens with one attached hydrogen (secondary N) is 1. The maximum Gasteiger partial charge on any atom is 0.320 e. The largest absolute Gasteiger partial charge is 0.487 e. The Morgan fingerprint density at radius 1 is 1.43 bits per heavy atom. The fourth-order valence-corrected chi connectivity index (χ4v) is 2.79. The van der Waals surface area contributed by atoms with Gasteiger partial charge in [0.25, 0.3) is 0 Å². The molecule has 0 aromatic heterocycles. The molecule has 1 unspecified atom stereocenters. The van der Waals surface area contributed by atoms with Crippen LogP contribution in [0.4, 0.5) is 0 Å². The van der Waals surface area contributed by atoms with E-state index in [1.165, 1.54) is 5.56 Å². The number of carboxylic acids is 1. The third-order valence-corrected chi connectivity index (χ3v) is 3.72. The topological polar surface area (TPSA) is 58.6 Å². The van der Waals surface area contributed by atoms with Crippen molar-refractivity contribution in [3.63, 3.8) is 0 Å². The Hall–Kier alpha value is -1.55. The molecule has 0 spiro atoms. The second-order valence-corrected chi connectivity index (χ2v) is 6.85. The van der Waals surface area contributed by atoms with Crippen LogP contribution >= 0.6 is 0 Å². The third-order valence-electron chi connectivity index (χ3n) is 3.72. The average molecular weight is 291 g/mol. The highest BCUT2D eigenvalue weighted by Crippen LogP contribution is 2.37. The highest BCUT2D eigenvalue weighted by atomic mass is 16.5. The fourth-order valence-electron chi connectivity index (χ4n) is 2.79. The first-order valence-corrected chi connectivity index (χ1v) is 7.54. The Labute approximate surface area is 126 Å². The number of aliphatic carboxylic acids is 1. The SMILES string of the molecule is CC(C)CC(NCc1cccc2c1OC(C)(C)C2)C(=O)O. The van der Waals surface area contributed by atoms with Gasteiger partial charge < -0.3 is 15.2 Å². The molecule has 0 aliphatic carbocycles. The van der Waals surface area contributed by atoms with E-state index in [2.05, 4.69) is 25.2 Å². The van der Waals surface area contributed by atoms with E-state index in [-0.39, 0.29) is 5.60 Å². The predicted octanol–water partition coefficient (Wildman–Crippen LogP) is 2.99. The molecule has 0 radical (unpaired) electrons. The lowest BCUT2D eigenvalue weighted by Crippen LogP contribution is -2.37. The van der Waals surface area contributed by atoms with Crippen molar-refractivity contribution < 1.29 is 14.6 Å². The van der Waals surface area contributed by atoms with Crippen LogP contribution in [0.5, 0.6) is 5.75 Å². The summed E-state index contributed by atoms with van der Waals surface area (Å²) in [7, 11) is 0. The van der Waals surface area contributed by atoms with Gasteiger partial charge in [0, 0.05) is 18.5 Å². The molecule has 1 aromatic rings. The summed E-state index contributed by atoms with van der Waals surface area (Å²) >= 11 is 0. The highest BCUT2D eigenvalue weighted by molar-refractivity contribution is 5.73. The molecule has 0 amide bonds. The minimum atomic E-state index is -0.794. The van der Waals surface area contributed by atoms with E-state index in [1.54, 1.807) is 0 Å². The van der Waals surface area contributed by atoms with Crippen molar-refractivity contribution in [2.24, 2.45) is 5.92 Å². The molecule has 0 fully saturated rings. The van der Waals surface area contributed by atoms with Crippen LogP contribution < -0.4 is 10.1 Å². The molecule has 2 rings (SSSR count). The predicted molar refractivity (Wildman–Crippen MR) is 82.6 cm³/mol. The summed E-state index contributed by atoms with van der Waals surface area (Å²) in [5.41, 5.74) is 2.06. The van der Waals surface area contributed by atoms with E-state index in [0.717, 1.165) is 17.7 Å². The minimum Gasteiger partial charge on any atom is -0.487 e. The normalized spacial score (nSPS) is 17.4. The standard InChI is InChI=1S/C17H25NO3/c1-11(2)8-14(16(19)20)18-10-13-7-5-6-12-9-17(3,4)21-15(12)13/h5-7,11,14,18H,8-10H2,1-4H3,(H,19,20). The van der Waals surface area contributed by atoms with Crippen molar-refractivity contribution in [2.75, 3.05) is 0 Å². The van der Waals surface area contributed by atoms with Crippen molar-refractivity contribution in [3.05, 3.63) is 29.3 Å². The van der Waals surface area contributed by atoms with Gasteiger partial charge >= 0.3 is 5.97 Å². The van der Waals surface area contributed by atoms with Crippen LogP contribution in [0, 0.1) is 5.92 Å². The van der Waals surface area contributed by atoms with Crippen molar-refractivity contribution in [2.45, 2.75) is 58.7 Å². The molecular weight excluding hydrogens is 266 g/mol. The first-order chi connectivity index (χ1) is 9.78. The van der Waals surface area contributed by atoms with Gasteiger partial charge in [-0.25, -0.2) is 0 Å². The quantitative estimate of drug-likeness (QED) is 0.846. The molecule has 4 heteroatoms. The smallest absolute Gasteiger partial charge is 0.320 e. The van der Waals surface area contributed by atoms with Crippen LogP contribution in [0.1, 0.15) is 45.2 Å². The lowest BCUT2D eigenvalue weighted by Gasteiger charge is -2.20. The summed E-state index contributed by atoms with van der Waals surface area (Å²) in [6.45, 7) is 8.72. The van der Waals surface area contributed by atoms with Crippen molar-refractivity contribution >= 4 is 5.97 Å². The summed E-state index contributed by atoms with van der Waals surface area (Å²) < 4.78 is 6.01. The number of hydrogen-bond acceptors (Lipinski definition) is 3. The zero-order valence-corrected chi connectivity index (χ0v) is 13.3. The second kappa shape index (κ2) is 6.06. The fraction of sp³-hybridized carbons (Fsp3) is 0.588. The maximum atomic E-state index is 11.3. The zero-order chi connectivity index (χ0) is 15.6. The third kappa shape index (κ3) is 3.97. The molecule has 2 N–H and O–H groups in total. The molecule has 0 bridgehead atoms. The number of rotatable bonds is 6. The van der Waals surface area contributed by atoms with Gasteiger partial charge in [-0.1, -0.05) is 32.0 Å². The molecule has 1 heterocycles. The number of fused-ring (bicyclic) bond motifs is 1. The van der Waals surface area contributed by atoms with Gasteiger partial charge in [0.15, 0.2) is 0 Å². The lowest BCUT2D eigenvalue weighted by atomic mass is 10.00. The number of carboxylic acid groups (broad SMARTS) is 1. The Balaban J connectivity index is 2.08. The van der Waals surface area contributed by atoms with E-state index in [4.69, 9.17) is 4.74 Å². The van der Waals surface area contributed by atoms with Crippen LogP contribution in [0.25, 0.3) is 0 Å². The van der Waals surface area contributed by atoms with E-state index < -0.39 is 12.0 Å². The Kier molecular flexibility index (Phi) is 4.57. The lowest BCUT2D eigenvalue weighted by molar-refractivity contribution is -0.140. The van der Waals surface area contributed by atoms with Crippen molar-refractivity contribution in [1.82, 2.24) is 5.32 Å². The van der Waals surface area contributed by atoms with Gasteiger partial charge in [-0.3, -0.25) is 4.79 Å². The summed E-state index contributed by atoms with van der Waals surface area (Å²) in [6, 6.07) is 5.58. The first kappa shape index (κ1) is 15.8.